The van der Waals surface area contributed by atoms with E-state index >= 15 is 0 Å². The van der Waals surface area contributed by atoms with Crippen molar-refractivity contribution in [2.45, 2.75) is 74.7 Å². The largest absolute Gasteiger partial charge is 0.480 e. The predicted molar refractivity (Wildman–Crippen MR) is 131 cm³/mol. The van der Waals surface area contributed by atoms with Gasteiger partial charge in [-0.2, -0.15) is 11.8 Å². The summed E-state index contributed by atoms with van der Waals surface area (Å²) in [6.45, 7) is 0.314. The van der Waals surface area contributed by atoms with Crippen molar-refractivity contribution >= 4 is 47.4 Å². The minimum absolute atomic E-state index is 0.0497. The molecule has 5 N–H and O–H groups in total. The van der Waals surface area contributed by atoms with E-state index in [4.69, 9.17) is 0 Å². The average Bonchev–Trinajstić information content (AvgIpc) is 3.48. The molecule has 0 saturated carbocycles. The van der Waals surface area contributed by atoms with E-state index in [1.165, 1.54) is 0 Å². The summed E-state index contributed by atoms with van der Waals surface area (Å²) < 4.78 is 0. The van der Waals surface area contributed by atoms with Gasteiger partial charge in [0.05, 0.1) is 12.1 Å². The van der Waals surface area contributed by atoms with E-state index in [0.717, 1.165) is 42.1 Å². The van der Waals surface area contributed by atoms with Crippen molar-refractivity contribution in [1.29, 1.82) is 0 Å². The zero-order valence-corrected chi connectivity index (χ0v) is 20.8. The maximum atomic E-state index is 12.1. The number of fused-ring (bicyclic) bond motifs is 1. The number of rotatable bonds is 15. The number of carbonyl (C=O) groups is 6. The lowest BCUT2D eigenvalue weighted by atomic mass is 10.0. The lowest BCUT2D eigenvalue weighted by Crippen LogP contribution is -2.42. The van der Waals surface area contributed by atoms with Gasteiger partial charge in [0.2, 0.25) is 11.8 Å². The zero-order chi connectivity index (χ0) is 26.1. The summed E-state index contributed by atoms with van der Waals surface area (Å²) in [5, 5.41) is 20.9. The fraction of sp³-hybridized carbons (Fsp3) is 0.652. The summed E-state index contributed by atoms with van der Waals surface area (Å²) in [7, 11) is 0. The van der Waals surface area contributed by atoms with Crippen LogP contribution in [-0.4, -0.2) is 87.9 Å². The number of aliphatic carboxylic acids is 1. The van der Waals surface area contributed by atoms with Crippen LogP contribution in [0.5, 0.6) is 0 Å². The van der Waals surface area contributed by atoms with E-state index in [9.17, 15) is 33.9 Å². The van der Waals surface area contributed by atoms with E-state index in [-0.39, 0.29) is 43.4 Å². The molecule has 0 aromatic rings. The Labute approximate surface area is 213 Å². The number of hydrogen-bond donors (Lipinski definition) is 5. The molecule has 198 valence electrons. The molecule has 3 aliphatic heterocycles. The minimum atomic E-state index is -1.16. The van der Waals surface area contributed by atoms with Crippen molar-refractivity contribution < 1.29 is 33.9 Å². The van der Waals surface area contributed by atoms with Crippen molar-refractivity contribution in [1.82, 2.24) is 26.2 Å². The summed E-state index contributed by atoms with van der Waals surface area (Å²) in [6, 6.07) is -0.804. The van der Waals surface area contributed by atoms with Crippen LogP contribution in [0.25, 0.3) is 0 Å². The number of unbranched alkanes of at least 4 members (excludes halogenated alkanes) is 2. The van der Waals surface area contributed by atoms with Gasteiger partial charge in [0.25, 0.3) is 11.8 Å². The van der Waals surface area contributed by atoms with Crippen LogP contribution >= 0.6 is 11.8 Å². The van der Waals surface area contributed by atoms with Crippen molar-refractivity contribution in [2.24, 2.45) is 0 Å². The first-order valence-electron chi connectivity index (χ1n) is 12.3. The van der Waals surface area contributed by atoms with Gasteiger partial charge in [-0.05, 0) is 32.1 Å². The third-order valence-electron chi connectivity index (χ3n) is 6.42. The van der Waals surface area contributed by atoms with Gasteiger partial charge < -0.3 is 26.4 Å². The highest BCUT2D eigenvalue weighted by molar-refractivity contribution is 8.00. The van der Waals surface area contributed by atoms with Crippen LogP contribution in [0.2, 0.25) is 0 Å². The molecule has 0 aliphatic carbocycles. The molecule has 2 fully saturated rings. The topological polar surface area (TPSA) is 174 Å². The molecule has 0 aromatic heterocycles. The smallest absolute Gasteiger partial charge is 0.326 e. The van der Waals surface area contributed by atoms with E-state index in [1.807, 2.05) is 11.8 Å². The summed E-state index contributed by atoms with van der Waals surface area (Å²) in [6.07, 6.45) is 6.37. The number of carboxylic acid groups (broad SMARTS) is 1. The first kappa shape index (κ1) is 27.5. The molecule has 0 aromatic carbocycles. The van der Waals surface area contributed by atoms with Crippen molar-refractivity contribution in [3.63, 3.8) is 0 Å². The minimum Gasteiger partial charge on any atom is -0.480 e. The Balaban J connectivity index is 1.21. The van der Waals surface area contributed by atoms with Gasteiger partial charge in [-0.1, -0.05) is 6.42 Å². The maximum Gasteiger partial charge on any atom is 0.326 e. The standard InChI is InChI=1S/C23H33N5O7S/c29-17(7-2-1-6-16-21-15(13-36-16)26-23(35)27-21)24-11-4-3-5-14(22(33)34)25-18(30)10-12-28-19(31)8-9-20(28)32/h8-9,14-16,21H,1-7,10-13H2,(H,24,29)(H,25,30)(H,33,34)(H2,26,27,35)/t14?,15-,16?,21-/m0/s1. The Morgan fingerprint density at radius 2 is 1.78 bits per heavy atom. The second-order valence-electron chi connectivity index (χ2n) is 9.08. The number of nitrogens with zero attached hydrogens (tertiary/aromatic N) is 1. The number of hydrogen-bond acceptors (Lipinski definition) is 7. The number of thioether (sulfide) groups is 1. The van der Waals surface area contributed by atoms with Crippen LogP contribution in [0.15, 0.2) is 12.2 Å². The van der Waals surface area contributed by atoms with Gasteiger partial charge in [0, 0.05) is 49.1 Å². The van der Waals surface area contributed by atoms with Gasteiger partial charge >= 0.3 is 12.0 Å². The SMILES string of the molecule is O=C(CCCCC1SC[C@@H]2NC(=O)N[C@H]12)NCCCCC(NC(=O)CCN1C(=O)C=CC1=O)C(=O)O. The monoisotopic (exact) mass is 523 g/mol. The summed E-state index contributed by atoms with van der Waals surface area (Å²) in [5.74, 6) is -1.84. The molecule has 2 unspecified atom stereocenters. The number of carboxylic acids is 1. The van der Waals surface area contributed by atoms with E-state index in [0.29, 0.717) is 31.1 Å². The second kappa shape index (κ2) is 13.3. The third-order valence-corrected chi connectivity index (χ3v) is 7.93. The number of amides is 6. The molecule has 6 amide bonds. The van der Waals surface area contributed by atoms with Gasteiger partial charge in [-0.25, -0.2) is 9.59 Å². The van der Waals surface area contributed by atoms with Crippen molar-refractivity contribution in [3.05, 3.63) is 12.2 Å². The van der Waals surface area contributed by atoms with Gasteiger partial charge in [-0.3, -0.25) is 24.1 Å². The Bertz CT molecular complexity index is 893. The molecule has 12 nitrogen and oxygen atoms in total. The highest BCUT2D eigenvalue weighted by Crippen LogP contribution is 2.33. The summed E-state index contributed by atoms with van der Waals surface area (Å²) in [5.41, 5.74) is 0. The first-order valence-corrected chi connectivity index (χ1v) is 13.3. The van der Waals surface area contributed by atoms with Crippen molar-refractivity contribution in [2.75, 3.05) is 18.8 Å². The zero-order valence-electron chi connectivity index (χ0n) is 20.0. The number of nitrogens with one attached hydrogen (secondary N) is 4. The fourth-order valence-corrected chi connectivity index (χ4v) is 6.00. The Morgan fingerprint density at radius 1 is 1.03 bits per heavy atom. The van der Waals surface area contributed by atoms with Gasteiger partial charge in [0.1, 0.15) is 6.04 Å². The first-order chi connectivity index (χ1) is 17.2. The van der Waals surface area contributed by atoms with Crippen LogP contribution in [-0.2, 0) is 24.0 Å². The predicted octanol–water partition coefficient (Wildman–Crippen LogP) is -0.117. The molecule has 0 radical (unpaired) electrons. The molecule has 4 atom stereocenters. The molecule has 2 saturated heterocycles. The Kier molecular flexibility index (Phi) is 10.1. The molecule has 0 bridgehead atoms. The quantitative estimate of drug-likeness (QED) is 0.112. The lowest BCUT2D eigenvalue weighted by Gasteiger charge is -2.17. The number of imide groups is 1. The van der Waals surface area contributed by atoms with Gasteiger partial charge in [0.15, 0.2) is 0 Å². The van der Waals surface area contributed by atoms with Crippen LogP contribution in [0.3, 0.4) is 0 Å². The maximum absolute atomic E-state index is 12.1. The molecular formula is C23H33N5O7S. The lowest BCUT2D eigenvalue weighted by molar-refractivity contribution is -0.143. The van der Waals surface area contributed by atoms with E-state index in [2.05, 4.69) is 21.3 Å². The normalized spacial score (nSPS) is 23.3. The molecule has 3 rings (SSSR count). The average molecular weight is 524 g/mol. The summed E-state index contributed by atoms with van der Waals surface area (Å²) in [4.78, 5) is 70.9. The van der Waals surface area contributed by atoms with Crippen LogP contribution < -0.4 is 21.3 Å². The molecule has 3 aliphatic rings. The van der Waals surface area contributed by atoms with Crippen LogP contribution in [0.1, 0.15) is 51.4 Å². The van der Waals surface area contributed by atoms with Gasteiger partial charge in [-0.15, -0.1) is 0 Å². The second-order valence-corrected chi connectivity index (χ2v) is 10.4. The number of carbonyl (C=O) groups excluding carboxylic acids is 5. The van der Waals surface area contributed by atoms with Crippen LogP contribution in [0, 0.1) is 0 Å². The molecule has 0 spiro atoms. The molecular weight excluding hydrogens is 490 g/mol. The molecule has 36 heavy (non-hydrogen) atoms. The Morgan fingerprint density at radius 3 is 2.50 bits per heavy atom. The van der Waals surface area contributed by atoms with Crippen LogP contribution in [0.4, 0.5) is 4.79 Å². The fourth-order valence-electron chi connectivity index (χ4n) is 4.45. The number of urea groups is 1. The summed E-state index contributed by atoms with van der Waals surface area (Å²) >= 11 is 1.85. The molecule has 13 heteroatoms. The van der Waals surface area contributed by atoms with E-state index in [1.54, 1.807) is 0 Å². The molecule has 3 heterocycles. The van der Waals surface area contributed by atoms with E-state index < -0.39 is 29.7 Å². The Hall–Kier alpha value is -3.09. The highest BCUT2D eigenvalue weighted by Gasteiger charge is 2.42. The van der Waals surface area contributed by atoms with Crippen molar-refractivity contribution in [3.8, 4) is 0 Å². The third kappa shape index (κ3) is 7.97. The highest BCUT2D eigenvalue weighted by atomic mass is 32.2.